The highest BCUT2D eigenvalue weighted by Crippen LogP contribution is 2.29. The first kappa shape index (κ1) is 16.7. The molecule has 0 atom stereocenters. The molecule has 0 aliphatic rings. The van der Waals surface area contributed by atoms with Crippen LogP contribution in [0.4, 0.5) is 9.52 Å². The second-order valence-corrected chi connectivity index (χ2v) is 7.27. The first-order chi connectivity index (χ1) is 11.5. The highest BCUT2D eigenvalue weighted by atomic mass is 32.2. The second kappa shape index (κ2) is 7.14. The van der Waals surface area contributed by atoms with E-state index in [0.29, 0.717) is 32.3 Å². The van der Waals surface area contributed by atoms with Crippen LogP contribution >= 0.6 is 23.1 Å². The van der Waals surface area contributed by atoms with Crippen LogP contribution in [0.15, 0.2) is 39.1 Å². The maximum Gasteiger partial charge on any atom is 0.261 e. The smallest absolute Gasteiger partial charge is 0.261 e. The van der Waals surface area contributed by atoms with E-state index in [1.54, 1.807) is 26.0 Å². The summed E-state index contributed by atoms with van der Waals surface area (Å²) in [5.74, 6) is 1.29. The van der Waals surface area contributed by atoms with Gasteiger partial charge in [0.05, 0.1) is 5.56 Å². The molecule has 1 amide bonds. The molecule has 0 aliphatic heterocycles. The molecule has 0 bridgehead atoms. The van der Waals surface area contributed by atoms with Crippen molar-refractivity contribution >= 4 is 34.1 Å². The maximum absolute atomic E-state index is 13.1. The van der Waals surface area contributed by atoms with Crippen molar-refractivity contribution < 1.29 is 13.6 Å². The summed E-state index contributed by atoms with van der Waals surface area (Å²) in [6.45, 7) is 3.53. The molecule has 1 aromatic carbocycles. The van der Waals surface area contributed by atoms with E-state index >= 15 is 0 Å². The van der Waals surface area contributed by atoms with Gasteiger partial charge in [-0.2, -0.15) is 0 Å². The number of carbonyl (C=O) groups is 1. The molecule has 2 heterocycles. The molecule has 0 aliphatic carbocycles. The van der Waals surface area contributed by atoms with E-state index in [-0.39, 0.29) is 11.7 Å². The number of carbonyl (C=O) groups excluding carboxylic acids is 1. The molecule has 3 rings (SSSR count). The van der Waals surface area contributed by atoms with Crippen molar-refractivity contribution in [2.75, 3.05) is 5.32 Å². The first-order valence-electron chi connectivity index (χ1n) is 7.10. The molecule has 24 heavy (non-hydrogen) atoms. The number of thioether (sulfide) groups is 1. The van der Waals surface area contributed by atoms with Crippen molar-refractivity contribution in [3.63, 3.8) is 0 Å². The second-order valence-electron chi connectivity index (χ2n) is 5.07. The Kier molecular flexibility index (Phi) is 4.96. The number of aryl methyl sites for hydroxylation is 2. The Labute approximate surface area is 146 Å². The van der Waals surface area contributed by atoms with Gasteiger partial charge in [-0.3, -0.25) is 10.1 Å². The van der Waals surface area contributed by atoms with Crippen LogP contribution in [0, 0.1) is 19.7 Å². The Bertz CT molecular complexity index is 876. The molecule has 1 N–H and O–H groups in total. The number of amides is 1. The predicted octanol–water partition coefficient (Wildman–Crippen LogP) is 4.43. The lowest BCUT2D eigenvalue weighted by Crippen LogP contribution is -2.11. The number of nitrogens with one attached hydrogen (secondary N) is 1. The van der Waals surface area contributed by atoms with E-state index in [0.717, 1.165) is 5.56 Å². The predicted molar refractivity (Wildman–Crippen MR) is 92.0 cm³/mol. The van der Waals surface area contributed by atoms with E-state index in [4.69, 9.17) is 4.42 Å². The Morgan fingerprint density at radius 1 is 1.33 bits per heavy atom. The average molecular weight is 363 g/mol. The van der Waals surface area contributed by atoms with Crippen LogP contribution in [-0.4, -0.2) is 16.1 Å². The third-order valence-corrected chi connectivity index (χ3v) is 5.21. The Morgan fingerprint density at radius 2 is 2.17 bits per heavy atom. The summed E-state index contributed by atoms with van der Waals surface area (Å²) < 4.78 is 19.2. The number of nitrogens with zero attached hydrogens (tertiary/aromatic N) is 2. The summed E-state index contributed by atoms with van der Waals surface area (Å²) in [6, 6.07) is 8.11. The minimum Gasteiger partial charge on any atom is -0.466 e. The number of anilines is 1. The van der Waals surface area contributed by atoms with Gasteiger partial charge in [-0.05, 0) is 37.6 Å². The van der Waals surface area contributed by atoms with Gasteiger partial charge in [-0.1, -0.05) is 35.2 Å². The largest absolute Gasteiger partial charge is 0.466 e. The zero-order valence-electron chi connectivity index (χ0n) is 13.0. The van der Waals surface area contributed by atoms with Crippen LogP contribution in [-0.2, 0) is 5.75 Å². The molecule has 0 saturated carbocycles. The number of halogens is 1. The van der Waals surface area contributed by atoms with Crippen molar-refractivity contribution in [2.24, 2.45) is 0 Å². The summed E-state index contributed by atoms with van der Waals surface area (Å²) in [7, 11) is 0. The fraction of sp³-hybridized carbons (Fsp3) is 0.188. The van der Waals surface area contributed by atoms with Gasteiger partial charge in [0.1, 0.15) is 17.3 Å². The van der Waals surface area contributed by atoms with Crippen LogP contribution in [0.5, 0.6) is 0 Å². The van der Waals surface area contributed by atoms with Gasteiger partial charge >= 0.3 is 0 Å². The van der Waals surface area contributed by atoms with Crippen molar-refractivity contribution in [2.45, 2.75) is 23.9 Å². The lowest BCUT2D eigenvalue weighted by Gasteiger charge is -1.99. The standard InChI is InChI=1S/C16H14FN3O2S2/c1-9-6-13(10(2)22-9)14(21)18-15-19-20-16(24-15)23-8-11-4-3-5-12(17)7-11/h3-7H,8H2,1-2H3,(H,18,19,21). The molecule has 0 radical (unpaired) electrons. The molecule has 124 valence electrons. The van der Waals surface area contributed by atoms with Crippen LogP contribution in [0.2, 0.25) is 0 Å². The van der Waals surface area contributed by atoms with Gasteiger partial charge in [0.15, 0.2) is 4.34 Å². The monoisotopic (exact) mass is 363 g/mol. The first-order valence-corrected chi connectivity index (χ1v) is 8.90. The van der Waals surface area contributed by atoms with Crippen molar-refractivity contribution in [3.8, 4) is 0 Å². The summed E-state index contributed by atoms with van der Waals surface area (Å²) in [5.41, 5.74) is 1.35. The molecular formula is C16H14FN3O2S2. The van der Waals surface area contributed by atoms with Gasteiger partial charge in [-0.15, -0.1) is 10.2 Å². The summed E-state index contributed by atoms with van der Waals surface area (Å²) in [5, 5.41) is 11.1. The number of benzene rings is 1. The van der Waals surface area contributed by atoms with Crippen LogP contribution in [0.1, 0.15) is 27.4 Å². The minimum atomic E-state index is -0.276. The molecule has 8 heteroatoms. The van der Waals surface area contributed by atoms with Crippen molar-refractivity contribution in [1.29, 1.82) is 0 Å². The van der Waals surface area contributed by atoms with E-state index in [9.17, 15) is 9.18 Å². The summed E-state index contributed by atoms with van der Waals surface area (Å²) in [6.07, 6.45) is 0. The minimum absolute atomic E-state index is 0.260. The zero-order chi connectivity index (χ0) is 17.1. The zero-order valence-corrected chi connectivity index (χ0v) is 14.6. The fourth-order valence-corrected chi connectivity index (χ4v) is 3.80. The van der Waals surface area contributed by atoms with Crippen LogP contribution in [0.3, 0.4) is 0 Å². The molecule has 0 saturated heterocycles. The van der Waals surface area contributed by atoms with E-state index in [1.807, 2.05) is 6.07 Å². The third-order valence-electron chi connectivity index (χ3n) is 3.16. The highest BCUT2D eigenvalue weighted by molar-refractivity contribution is 8.00. The molecule has 0 spiro atoms. The van der Waals surface area contributed by atoms with Crippen molar-refractivity contribution in [1.82, 2.24) is 10.2 Å². The lowest BCUT2D eigenvalue weighted by molar-refractivity contribution is 0.102. The average Bonchev–Trinajstić information content (AvgIpc) is 3.11. The molecule has 0 unspecified atom stereocenters. The van der Waals surface area contributed by atoms with Gasteiger partial charge in [0.2, 0.25) is 5.13 Å². The third kappa shape index (κ3) is 4.01. The van der Waals surface area contributed by atoms with E-state index < -0.39 is 0 Å². The fourth-order valence-electron chi connectivity index (χ4n) is 2.11. The van der Waals surface area contributed by atoms with Gasteiger partial charge in [0, 0.05) is 5.75 Å². The molecular weight excluding hydrogens is 349 g/mol. The van der Waals surface area contributed by atoms with Gasteiger partial charge in [0.25, 0.3) is 5.91 Å². The highest BCUT2D eigenvalue weighted by Gasteiger charge is 2.15. The van der Waals surface area contributed by atoms with Crippen molar-refractivity contribution in [3.05, 3.63) is 58.8 Å². The Morgan fingerprint density at radius 3 is 2.88 bits per heavy atom. The number of furan rings is 1. The topological polar surface area (TPSA) is 68.0 Å². The van der Waals surface area contributed by atoms with Gasteiger partial charge in [-0.25, -0.2) is 4.39 Å². The molecule has 5 nitrogen and oxygen atoms in total. The summed E-state index contributed by atoms with van der Waals surface area (Å²) in [4.78, 5) is 12.2. The maximum atomic E-state index is 13.1. The van der Waals surface area contributed by atoms with Gasteiger partial charge < -0.3 is 4.42 Å². The normalized spacial score (nSPS) is 10.8. The number of hydrogen-bond donors (Lipinski definition) is 1. The molecule has 2 aromatic heterocycles. The number of aromatic nitrogens is 2. The SMILES string of the molecule is Cc1cc(C(=O)Nc2nnc(SCc3cccc(F)c3)s2)c(C)o1. The van der Waals surface area contributed by atoms with E-state index in [2.05, 4.69) is 15.5 Å². The molecule has 0 fully saturated rings. The Hall–Kier alpha value is -2.19. The molecule has 3 aromatic rings. The van der Waals surface area contributed by atoms with Crippen LogP contribution < -0.4 is 5.32 Å². The van der Waals surface area contributed by atoms with Crippen LogP contribution in [0.25, 0.3) is 0 Å². The number of hydrogen-bond acceptors (Lipinski definition) is 6. The van der Waals surface area contributed by atoms with E-state index in [1.165, 1.54) is 35.2 Å². The summed E-state index contributed by atoms with van der Waals surface area (Å²) >= 11 is 2.72. The Balaban J connectivity index is 1.61. The quantitative estimate of drug-likeness (QED) is 0.536. The lowest BCUT2D eigenvalue weighted by atomic mass is 10.2. The number of rotatable bonds is 5.